The Bertz CT molecular complexity index is 1040. The van der Waals surface area contributed by atoms with E-state index in [1.165, 1.54) is 6.26 Å². The summed E-state index contributed by atoms with van der Waals surface area (Å²) in [4.78, 5) is 9.33. The van der Waals surface area contributed by atoms with E-state index in [-0.39, 0.29) is 5.75 Å². The Morgan fingerprint density at radius 1 is 1.07 bits per heavy atom. The largest absolute Gasteiger partial charge is 0.382 e. The predicted molar refractivity (Wildman–Crippen MR) is 112 cm³/mol. The number of imidazole rings is 1. The van der Waals surface area contributed by atoms with Gasteiger partial charge in [-0.15, -0.1) is 0 Å². The lowest BCUT2D eigenvalue weighted by atomic mass is 10.1. The van der Waals surface area contributed by atoms with Crippen LogP contribution in [0.1, 0.15) is 44.9 Å². The second-order valence-electron chi connectivity index (χ2n) is 7.19. The number of hydrogen-bond donors (Lipinski definition) is 1. The molecule has 0 saturated heterocycles. The van der Waals surface area contributed by atoms with Crippen molar-refractivity contribution < 1.29 is 8.42 Å². The van der Waals surface area contributed by atoms with E-state index in [0.29, 0.717) is 12.2 Å². The molecule has 0 fully saturated rings. The third-order valence-corrected chi connectivity index (χ3v) is 5.87. The predicted octanol–water partition coefficient (Wildman–Crippen LogP) is 3.72. The smallest absolute Gasteiger partial charge is 0.152 e. The van der Waals surface area contributed by atoms with Crippen molar-refractivity contribution in [2.24, 2.45) is 0 Å². The van der Waals surface area contributed by atoms with E-state index < -0.39 is 9.84 Å². The second-order valence-corrected chi connectivity index (χ2v) is 9.44. The lowest BCUT2D eigenvalue weighted by molar-refractivity contribution is 0.573. The Balaban J connectivity index is 1.94. The van der Waals surface area contributed by atoms with Crippen molar-refractivity contribution in [2.45, 2.75) is 52.0 Å². The lowest BCUT2D eigenvalue weighted by Crippen LogP contribution is -2.06. The number of pyridine rings is 1. The molecule has 0 radical (unpaired) electrons. The highest BCUT2D eigenvalue weighted by molar-refractivity contribution is 7.90. The van der Waals surface area contributed by atoms with Crippen LogP contribution < -0.4 is 5.73 Å². The van der Waals surface area contributed by atoms with Gasteiger partial charge in [0.1, 0.15) is 21.2 Å². The fourth-order valence-corrected chi connectivity index (χ4v) is 4.21. The second kappa shape index (κ2) is 8.25. The van der Waals surface area contributed by atoms with E-state index >= 15 is 0 Å². The van der Waals surface area contributed by atoms with Crippen LogP contribution in [0.2, 0.25) is 0 Å². The minimum Gasteiger partial charge on any atom is -0.382 e. The number of hydrogen-bond acceptors (Lipinski definition) is 5. The van der Waals surface area contributed by atoms with Crippen LogP contribution in [0.25, 0.3) is 21.9 Å². The first-order valence-electron chi connectivity index (χ1n) is 9.61. The highest BCUT2D eigenvalue weighted by Crippen LogP contribution is 2.29. The standard InChI is InChI=1S/C20H28N4O2S/c1-3-4-12-17-23-18-19(15-10-6-7-11-16(15)22-20(18)21)24(17)13-8-5-9-14-27(2,25)26/h6-7,10-11H,3-5,8-9,12-14H2,1-2H3,(H2,21,22). The van der Waals surface area contributed by atoms with Crippen molar-refractivity contribution in [3.63, 3.8) is 0 Å². The Labute approximate surface area is 160 Å². The van der Waals surface area contributed by atoms with Crippen molar-refractivity contribution >= 4 is 37.6 Å². The fraction of sp³-hybridized carbons (Fsp3) is 0.500. The Hall–Kier alpha value is -2.15. The molecule has 0 aliphatic heterocycles. The number of nitrogens with two attached hydrogens (primary N) is 1. The molecule has 7 heteroatoms. The summed E-state index contributed by atoms with van der Waals surface area (Å²) in [7, 11) is -2.89. The van der Waals surface area contributed by atoms with E-state index in [4.69, 9.17) is 10.7 Å². The molecule has 27 heavy (non-hydrogen) atoms. The zero-order chi connectivity index (χ0) is 19.4. The van der Waals surface area contributed by atoms with Gasteiger partial charge < -0.3 is 10.3 Å². The number of aromatic nitrogens is 3. The minimum atomic E-state index is -2.89. The molecule has 0 aliphatic carbocycles. The number of para-hydroxylation sites is 1. The van der Waals surface area contributed by atoms with Gasteiger partial charge in [0.25, 0.3) is 0 Å². The molecule has 0 amide bonds. The number of rotatable bonds is 9. The maximum atomic E-state index is 11.3. The van der Waals surface area contributed by atoms with Gasteiger partial charge in [-0.25, -0.2) is 18.4 Å². The molecule has 0 bridgehead atoms. The first kappa shape index (κ1) is 19.6. The first-order valence-corrected chi connectivity index (χ1v) is 11.7. The van der Waals surface area contributed by atoms with Crippen LogP contribution in [0.4, 0.5) is 5.82 Å². The summed E-state index contributed by atoms with van der Waals surface area (Å²) in [6.07, 6.45) is 6.85. The van der Waals surface area contributed by atoms with Crippen molar-refractivity contribution in [3.8, 4) is 0 Å². The van der Waals surface area contributed by atoms with Crippen LogP contribution in [0.15, 0.2) is 24.3 Å². The van der Waals surface area contributed by atoms with Crippen LogP contribution in [0, 0.1) is 0 Å². The maximum Gasteiger partial charge on any atom is 0.152 e. The SMILES string of the molecule is CCCCc1nc2c(N)nc3ccccc3c2n1CCCCCS(C)(=O)=O. The van der Waals surface area contributed by atoms with Gasteiger partial charge in [-0.3, -0.25) is 0 Å². The van der Waals surface area contributed by atoms with Crippen LogP contribution in [0.3, 0.4) is 0 Å². The summed E-state index contributed by atoms with van der Waals surface area (Å²) < 4.78 is 24.9. The molecule has 3 rings (SSSR count). The molecule has 2 heterocycles. The summed E-state index contributed by atoms with van der Waals surface area (Å²) >= 11 is 0. The van der Waals surface area contributed by atoms with E-state index in [9.17, 15) is 8.42 Å². The lowest BCUT2D eigenvalue weighted by Gasteiger charge is -2.11. The molecule has 0 spiro atoms. The number of benzene rings is 1. The zero-order valence-electron chi connectivity index (χ0n) is 16.1. The van der Waals surface area contributed by atoms with Gasteiger partial charge in [0, 0.05) is 30.4 Å². The summed E-state index contributed by atoms with van der Waals surface area (Å²) in [6.45, 7) is 2.98. The van der Waals surface area contributed by atoms with Crippen LogP contribution >= 0.6 is 0 Å². The highest BCUT2D eigenvalue weighted by Gasteiger charge is 2.16. The number of aryl methyl sites for hydroxylation is 2. The van der Waals surface area contributed by atoms with Crippen LogP contribution in [0.5, 0.6) is 0 Å². The van der Waals surface area contributed by atoms with Crippen LogP contribution in [-0.4, -0.2) is 35.0 Å². The van der Waals surface area contributed by atoms with Crippen molar-refractivity contribution in [1.29, 1.82) is 0 Å². The molecule has 2 N–H and O–H groups in total. The molecule has 3 aromatic rings. The summed E-state index contributed by atoms with van der Waals surface area (Å²) in [5.74, 6) is 1.76. The molecule has 1 aromatic carbocycles. The number of fused-ring (bicyclic) bond motifs is 3. The van der Waals surface area contributed by atoms with Crippen molar-refractivity contribution in [3.05, 3.63) is 30.1 Å². The molecule has 146 valence electrons. The fourth-order valence-electron chi connectivity index (χ4n) is 3.48. The number of nitrogens with zero attached hydrogens (tertiary/aromatic N) is 3. The summed E-state index contributed by atoms with van der Waals surface area (Å²) in [5.41, 5.74) is 8.90. The molecular weight excluding hydrogens is 360 g/mol. The normalized spacial score (nSPS) is 12.2. The molecule has 0 atom stereocenters. The van der Waals surface area contributed by atoms with E-state index in [0.717, 1.165) is 66.4 Å². The summed E-state index contributed by atoms with van der Waals surface area (Å²) in [6, 6.07) is 8.01. The van der Waals surface area contributed by atoms with E-state index in [1.807, 2.05) is 18.2 Å². The van der Waals surface area contributed by atoms with Gasteiger partial charge in [0.05, 0.1) is 11.0 Å². The Morgan fingerprint density at radius 2 is 1.85 bits per heavy atom. The minimum absolute atomic E-state index is 0.250. The monoisotopic (exact) mass is 388 g/mol. The number of unbranched alkanes of at least 4 members (excludes halogenated alkanes) is 3. The van der Waals surface area contributed by atoms with Crippen molar-refractivity contribution in [2.75, 3.05) is 17.7 Å². The van der Waals surface area contributed by atoms with Gasteiger partial charge in [0.15, 0.2) is 5.82 Å². The molecular formula is C20H28N4O2S. The maximum absolute atomic E-state index is 11.3. The van der Waals surface area contributed by atoms with Gasteiger partial charge in [-0.1, -0.05) is 38.0 Å². The topological polar surface area (TPSA) is 90.9 Å². The first-order chi connectivity index (χ1) is 12.9. The number of sulfone groups is 1. The van der Waals surface area contributed by atoms with Gasteiger partial charge in [-0.2, -0.15) is 0 Å². The van der Waals surface area contributed by atoms with E-state index in [1.54, 1.807) is 0 Å². The molecule has 0 saturated carbocycles. The average molecular weight is 389 g/mol. The molecule has 0 aliphatic rings. The Morgan fingerprint density at radius 3 is 2.59 bits per heavy atom. The number of anilines is 1. The molecule has 6 nitrogen and oxygen atoms in total. The molecule has 0 unspecified atom stereocenters. The molecule has 2 aromatic heterocycles. The number of nitrogen functional groups attached to an aromatic ring is 1. The zero-order valence-corrected chi connectivity index (χ0v) is 16.9. The van der Waals surface area contributed by atoms with Crippen molar-refractivity contribution in [1.82, 2.24) is 14.5 Å². The highest BCUT2D eigenvalue weighted by atomic mass is 32.2. The summed E-state index contributed by atoms with van der Waals surface area (Å²) in [5, 5.41) is 1.06. The van der Waals surface area contributed by atoms with Gasteiger partial charge in [0.2, 0.25) is 0 Å². The third-order valence-electron chi connectivity index (χ3n) is 4.84. The van der Waals surface area contributed by atoms with Gasteiger partial charge in [-0.05, 0) is 25.3 Å². The quantitative estimate of drug-likeness (QED) is 0.564. The third kappa shape index (κ3) is 4.58. The van der Waals surface area contributed by atoms with Gasteiger partial charge >= 0.3 is 0 Å². The van der Waals surface area contributed by atoms with E-state index in [2.05, 4.69) is 22.5 Å². The Kier molecular flexibility index (Phi) is 5.99. The average Bonchev–Trinajstić information content (AvgIpc) is 2.98. The van der Waals surface area contributed by atoms with Crippen LogP contribution in [-0.2, 0) is 22.8 Å².